The van der Waals surface area contributed by atoms with Crippen LogP contribution in [0.2, 0.25) is 0 Å². The van der Waals surface area contributed by atoms with Crippen LogP contribution < -0.4 is 0 Å². The second-order valence-corrected chi connectivity index (χ2v) is 5.21. The van der Waals surface area contributed by atoms with Crippen molar-refractivity contribution in [1.82, 2.24) is 10.2 Å². The third-order valence-corrected chi connectivity index (χ3v) is 3.25. The van der Waals surface area contributed by atoms with E-state index in [0.29, 0.717) is 11.8 Å². The molecule has 0 radical (unpaired) electrons. The Kier molecular flexibility index (Phi) is 3.17. The summed E-state index contributed by atoms with van der Waals surface area (Å²) < 4.78 is 6.71. The number of nitrogens with zero attached hydrogens (tertiary/aromatic N) is 2. The Labute approximate surface area is 119 Å². The first-order chi connectivity index (χ1) is 9.22. The van der Waals surface area contributed by atoms with E-state index in [1.54, 1.807) is 0 Å². The minimum absolute atomic E-state index is 0.526. The Morgan fingerprint density at radius 3 is 2.16 bits per heavy atom. The average Bonchev–Trinajstić information content (AvgIpc) is 2.88. The Morgan fingerprint density at radius 1 is 0.895 bits per heavy atom. The van der Waals surface area contributed by atoms with Gasteiger partial charge in [-0.05, 0) is 37.3 Å². The second kappa shape index (κ2) is 4.97. The van der Waals surface area contributed by atoms with Crippen LogP contribution in [-0.2, 0) is 0 Å². The van der Waals surface area contributed by atoms with Crippen LogP contribution in [0.5, 0.6) is 0 Å². The fraction of sp³-hybridized carbons (Fsp3) is 0.0667. The highest BCUT2D eigenvalue weighted by atomic mass is 79.9. The lowest BCUT2D eigenvalue weighted by Gasteiger charge is -1.97. The number of aryl methyl sites for hydroxylation is 1. The lowest BCUT2D eigenvalue weighted by molar-refractivity contribution is 0.584. The van der Waals surface area contributed by atoms with Crippen molar-refractivity contribution in [3.8, 4) is 22.9 Å². The zero-order chi connectivity index (χ0) is 13.2. The largest absolute Gasteiger partial charge is 0.416 e. The Balaban J connectivity index is 2.00. The highest BCUT2D eigenvalue weighted by molar-refractivity contribution is 9.10. The Morgan fingerprint density at radius 2 is 1.53 bits per heavy atom. The maximum absolute atomic E-state index is 5.72. The molecule has 94 valence electrons. The van der Waals surface area contributed by atoms with Crippen molar-refractivity contribution in [1.29, 1.82) is 0 Å². The zero-order valence-corrected chi connectivity index (χ0v) is 11.9. The van der Waals surface area contributed by atoms with Gasteiger partial charge in [-0.2, -0.15) is 0 Å². The fourth-order valence-electron chi connectivity index (χ4n) is 1.86. The average molecular weight is 315 g/mol. The summed E-state index contributed by atoms with van der Waals surface area (Å²) >= 11 is 3.43. The molecule has 0 N–H and O–H groups in total. The van der Waals surface area contributed by atoms with Gasteiger partial charge in [0.15, 0.2) is 0 Å². The number of hydrogen-bond donors (Lipinski definition) is 0. The summed E-state index contributed by atoms with van der Waals surface area (Å²) in [6, 6.07) is 15.8. The van der Waals surface area contributed by atoms with Gasteiger partial charge in [-0.3, -0.25) is 0 Å². The maximum Gasteiger partial charge on any atom is 0.248 e. The van der Waals surface area contributed by atoms with Crippen molar-refractivity contribution >= 4 is 15.9 Å². The molecule has 0 fully saturated rings. The summed E-state index contributed by atoms with van der Waals surface area (Å²) in [4.78, 5) is 0. The number of hydrogen-bond acceptors (Lipinski definition) is 3. The van der Waals surface area contributed by atoms with Gasteiger partial charge in [-0.25, -0.2) is 0 Å². The molecule has 4 heteroatoms. The molecule has 1 aromatic heterocycles. The van der Waals surface area contributed by atoms with Gasteiger partial charge in [0.1, 0.15) is 0 Å². The van der Waals surface area contributed by atoms with Crippen molar-refractivity contribution in [2.45, 2.75) is 6.92 Å². The molecule has 0 aliphatic heterocycles. The third-order valence-electron chi connectivity index (χ3n) is 2.76. The van der Waals surface area contributed by atoms with Gasteiger partial charge >= 0.3 is 0 Å². The van der Waals surface area contributed by atoms with Crippen LogP contribution in [0.1, 0.15) is 5.56 Å². The van der Waals surface area contributed by atoms with E-state index in [9.17, 15) is 0 Å². The van der Waals surface area contributed by atoms with Gasteiger partial charge in [0.05, 0.1) is 0 Å². The van der Waals surface area contributed by atoms with E-state index in [4.69, 9.17) is 4.42 Å². The van der Waals surface area contributed by atoms with Crippen LogP contribution in [-0.4, -0.2) is 10.2 Å². The molecule has 1 heterocycles. The van der Waals surface area contributed by atoms with Crippen molar-refractivity contribution in [3.05, 3.63) is 58.6 Å². The summed E-state index contributed by atoms with van der Waals surface area (Å²) in [6.45, 7) is 2.04. The van der Waals surface area contributed by atoms with Gasteiger partial charge < -0.3 is 4.42 Å². The molecule has 0 saturated carbocycles. The molecule has 0 spiro atoms. The van der Waals surface area contributed by atoms with E-state index in [-0.39, 0.29) is 0 Å². The highest BCUT2D eigenvalue weighted by Crippen LogP contribution is 2.25. The van der Waals surface area contributed by atoms with E-state index in [1.165, 1.54) is 5.56 Å². The predicted octanol–water partition coefficient (Wildman–Crippen LogP) is 4.47. The van der Waals surface area contributed by atoms with E-state index < -0.39 is 0 Å². The van der Waals surface area contributed by atoms with Gasteiger partial charge in [-0.1, -0.05) is 39.7 Å². The molecule has 0 bridgehead atoms. The van der Waals surface area contributed by atoms with Gasteiger partial charge in [0, 0.05) is 15.6 Å². The third kappa shape index (κ3) is 2.58. The molecule has 0 saturated heterocycles. The van der Waals surface area contributed by atoms with Crippen LogP contribution in [0.3, 0.4) is 0 Å². The molecule has 2 aromatic carbocycles. The minimum Gasteiger partial charge on any atom is -0.416 e. The molecule has 0 atom stereocenters. The van der Waals surface area contributed by atoms with Crippen LogP contribution in [0.15, 0.2) is 57.4 Å². The molecular weight excluding hydrogens is 304 g/mol. The Bertz CT molecular complexity index is 661. The minimum atomic E-state index is 0.526. The summed E-state index contributed by atoms with van der Waals surface area (Å²) in [7, 11) is 0. The SMILES string of the molecule is Cc1cccc(-c2nnc(-c3cccc(Br)c3)o2)c1. The van der Waals surface area contributed by atoms with Crippen LogP contribution in [0.4, 0.5) is 0 Å². The first-order valence-corrected chi connectivity index (χ1v) is 6.68. The predicted molar refractivity (Wildman–Crippen MR) is 77.6 cm³/mol. The first-order valence-electron chi connectivity index (χ1n) is 5.89. The monoisotopic (exact) mass is 314 g/mol. The molecule has 0 amide bonds. The van der Waals surface area contributed by atoms with Gasteiger partial charge in [0.25, 0.3) is 0 Å². The Hall–Kier alpha value is -1.94. The van der Waals surface area contributed by atoms with Gasteiger partial charge in [-0.15, -0.1) is 10.2 Å². The second-order valence-electron chi connectivity index (χ2n) is 4.29. The number of rotatable bonds is 2. The molecule has 0 unspecified atom stereocenters. The van der Waals surface area contributed by atoms with E-state index in [2.05, 4.69) is 26.1 Å². The van der Waals surface area contributed by atoms with Crippen LogP contribution >= 0.6 is 15.9 Å². The van der Waals surface area contributed by atoms with E-state index in [1.807, 2.05) is 55.5 Å². The van der Waals surface area contributed by atoms with E-state index >= 15 is 0 Å². The number of halogens is 1. The highest BCUT2D eigenvalue weighted by Gasteiger charge is 2.10. The van der Waals surface area contributed by atoms with Crippen molar-refractivity contribution in [2.24, 2.45) is 0 Å². The number of benzene rings is 2. The molecule has 0 aliphatic carbocycles. The summed E-state index contributed by atoms with van der Waals surface area (Å²) in [5.41, 5.74) is 3.01. The summed E-state index contributed by atoms with van der Waals surface area (Å²) in [5, 5.41) is 8.20. The van der Waals surface area contributed by atoms with Gasteiger partial charge in [0.2, 0.25) is 11.8 Å². The smallest absolute Gasteiger partial charge is 0.248 e. The topological polar surface area (TPSA) is 38.9 Å². The molecule has 0 aliphatic rings. The summed E-state index contributed by atoms with van der Waals surface area (Å²) in [6.07, 6.45) is 0. The fourth-order valence-corrected chi connectivity index (χ4v) is 2.26. The standard InChI is InChI=1S/C15H11BrN2O/c1-10-4-2-5-11(8-10)14-17-18-15(19-14)12-6-3-7-13(16)9-12/h2-9H,1H3. The molecule has 3 nitrogen and oxygen atoms in total. The lowest BCUT2D eigenvalue weighted by Crippen LogP contribution is -1.78. The van der Waals surface area contributed by atoms with E-state index in [0.717, 1.165) is 15.6 Å². The summed E-state index contributed by atoms with van der Waals surface area (Å²) in [5.74, 6) is 1.07. The first kappa shape index (κ1) is 12.1. The molecule has 3 aromatic rings. The molecule has 3 rings (SSSR count). The molecular formula is C15H11BrN2O. The van der Waals surface area contributed by atoms with Crippen molar-refractivity contribution < 1.29 is 4.42 Å². The number of aromatic nitrogens is 2. The van der Waals surface area contributed by atoms with Crippen LogP contribution in [0.25, 0.3) is 22.9 Å². The quantitative estimate of drug-likeness (QED) is 0.700. The molecule has 19 heavy (non-hydrogen) atoms. The zero-order valence-electron chi connectivity index (χ0n) is 10.3. The van der Waals surface area contributed by atoms with Crippen LogP contribution in [0, 0.1) is 6.92 Å². The van der Waals surface area contributed by atoms with Crippen molar-refractivity contribution in [3.63, 3.8) is 0 Å². The lowest BCUT2D eigenvalue weighted by atomic mass is 10.1. The van der Waals surface area contributed by atoms with Crippen molar-refractivity contribution in [2.75, 3.05) is 0 Å². The maximum atomic E-state index is 5.72. The normalized spacial score (nSPS) is 10.6.